The van der Waals surface area contributed by atoms with Crippen LogP contribution in [0.3, 0.4) is 0 Å². The maximum Gasteiger partial charge on any atom is 0.510 e. The Morgan fingerprint density at radius 1 is 1.24 bits per heavy atom. The maximum absolute atomic E-state index is 13.6. The van der Waals surface area contributed by atoms with Crippen LogP contribution in [0.5, 0.6) is 0 Å². The molecule has 2 unspecified atom stereocenters. The van der Waals surface area contributed by atoms with Crippen LogP contribution in [-0.2, 0) is 25.1 Å². The molecule has 0 aliphatic carbocycles. The molecule has 1 aromatic carbocycles. The van der Waals surface area contributed by atoms with Crippen LogP contribution in [0, 0.1) is 11.3 Å². The van der Waals surface area contributed by atoms with Crippen molar-refractivity contribution in [1.82, 2.24) is 15.0 Å². The van der Waals surface area contributed by atoms with Gasteiger partial charge in [-0.3, -0.25) is 0 Å². The van der Waals surface area contributed by atoms with E-state index in [1.165, 1.54) is 24.3 Å². The van der Waals surface area contributed by atoms with Gasteiger partial charge in [0.1, 0.15) is 18.4 Å². The van der Waals surface area contributed by atoms with Crippen LogP contribution in [0.1, 0.15) is 43.7 Å². The number of carbonyl (C=O) groups excluding carboxylic acids is 1. The van der Waals surface area contributed by atoms with Gasteiger partial charge in [-0.15, -0.1) is 15.0 Å². The summed E-state index contributed by atoms with van der Waals surface area (Å²) in [4.78, 5) is 13.0. The summed E-state index contributed by atoms with van der Waals surface area (Å²) in [5, 5.41) is 21.2. The molecular formula is C24H23F3N4O5S. The van der Waals surface area contributed by atoms with Crippen LogP contribution in [0.25, 0.3) is 22.4 Å². The Morgan fingerprint density at radius 3 is 2.73 bits per heavy atom. The zero-order valence-electron chi connectivity index (χ0n) is 19.7. The van der Waals surface area contributed by atoms with Gasteiger partial charge < -0.3 is 18.9 Å². The monoisotopic (exact) mass is 536 g/mol. The van der Waals surface area contributed by atoms with E-state index < -0.39 is 24.1 Å². The topological polar surface area (TPSA) is 108 Å². The fraction of sp³-hybridized carbons (Fsp3) is 0.417. The van der Waals surface area contributed by atoms with Gasteiger partial charge in [-0.1, -0.05) is 0 Å². The number of nitriles is 1. The van der Waals surface area contributed by atoms with E-state index in [0.717, 1.165) is 36.2 Å². The van der Waals surface area contributed by atoms with Crippen LogP contribution in [0.2, 0.25) is 0 Å². The number of alkyl halides is 3. The van der Waals surface area contributed by atoms with E-state index in [0.29, 0.717) is 17.7 Å². The molecule has 2 atom stereocenters. The molecule has 0 bridgehead atoms. The third-order valence-electron chi connectivity index (χ3n) is 5.46. The Balaban J connectivity index is 1.46. The number of hydrogen-bond acceptors (Lipinski definition) is 9. The molecule has 1 saturated heterocycles. The highest BCUT2D eigenvalue weighted by molar-refractivity contribution is 7.08. The molecule has 13 heteroatoms. The Hall–Kier alpha value is -3.47. The van der Waals surface area contributed by atoms with Crippen LogP contribution in [0.4, 0.5) is 18.0 Å². The van der Waals surface area contributed by atoms with Crippen LogP contribution >= 0.6 is 11.3 Å². The fourth-order valence-corrected chi connectivity index (χ4v) is 4.31. The summed E-state index contributed by atoms with van der Waals surface area (Å²) in [7, 11) is 0. The summed E-state index contributed by atoms with van der Waals surface area (Å²) in [6, 6.07) is 6.97. The molecule has 37 heavy (non-hydrogen) atoms. The first-order valence-corrected chi connectivity index (χ1v) is 12.4. The van der Waals surface area contributed by atoms with Crippen LogP contribution < -0.4 is 0 Å². The maximum atomic E-state index is 13.6. The van der Waals surface area contributed by atoms with Crippen molar-refractivity contribution in [3.8, 4) is 28.5 Å². The lowest BCUT2D eigenvalue weighted by atomic mass is 9.99. The predicted molar refractivity (Wildman–Crippen MR) is 125 cm³/mol. The molecule has 0 amide bonds. The highest BCUT2D eigenvalue weighted by atomic mass is 32.1. The van der Waals surface area contributed by atoms with Gasteiger partial charge in [0.15, 0.2) is 12.0 Å². The second-order valence-electron chi connectivity index (χ2n) is 8.12. The Bertz CT molecular complexity index is 1250. The van der Waals surface area contributed by atoms with Crippen molar-refractivity contribution in [2.24, 2.45) is 0 Å². The Labute approximate surface area is 214 Å². The normalized spacial score (nSPS) is 16.7. The quantitative estimate of drug-likeness (QED) is 0.263. The second-order valence-corrected chi connectivity index (χ2v) is 8.90. The zero-order valence-corrected chi connectivity index (χ0v) is 20.6. The number of ether oxygens (including phenoxy) is 4. The number of rotatable bonds is 8. The number of aromatic nitrogens is 3. The first-order valence-electron chi connectivity index (χ1n) is 11.4. The summed E-state index contributed by atoms with van der Waals surface area (Å²) >= 11 is 1.34. The first-order chi connectivity index (χ1) is 17.7. The van der Waals surface area contributed by atoms with E-state index in [-0.39, 0.29) is 36.5 Å². The standard InChI is InChI=1S/C24H23F3N4O5S/c1-15(36-23(32)35-8-7-34-21-4-2-3-6-33-21)31-29-20(13-28)22(30-31)18-10-17(16-5-9-37-14-16)11-19(12-18)24(25,26)27/h5,9-12,14-15,21H,2-4,6-8H2,1H3. The van der Waals surface area contributed by atoms with Gasteiger partial charge in [-0.25, -0.2) is 4.79 Å². The van der Waals surface area contributed by atoms with Gasteiger partial charge in [0.2, 0.25) is 6.23 Å². The van der Waals surface area contributed by atoms with Crippen molar-refractivity contribution in [2.45, 2.75) is 44.9 Å². The molecule has 0 radical (unpaired) electrons. The molecule has 4 rings (SSSR count). The van der Waals surface area contributed by atoms with E-state index >= 15 is 0 Å². The van der Waals surface area contributed by atoms with Gasteiger partial charge in [-0.2, -0.15) is 29.8 Å². The summed E-state index contributed by atoms with van der Waals surface area (Å²) in [6.07, 6.45) is -4.28. The fourth-order valence-electron chi connectivity index (χ4n) is 3.65. The lowest BCUT2D eigenvalue weighted by molar-refractivity contribution is -0.168. The summed E-state index contributed by atoms with van der Waals surface area (Å²) < 4.78 is 61.8. The van der Waals surface area contributed by atoms with E-state index in [1.54, 1.807) is 16.8 Å². The van der Waals surface area contributed by atoms with E-state index in [1.807, 2.05) is 6.07 Å². The molecule has 0 spiro atoms. The third kappa shape index (κ3) is 6.85. The number of hydrogen-bond donors (Lipinski definition) is 0. The van der Waals surface area contributed by atoms with Crippen molar-refractivity contribution in [3.05, 3.63) is 46.3 Å². The molecule has 3 aromatic rings. The SMILES string of the molecule is CC(OC(=O)OCCOC1CCCCO1)n1nc(C#N)c(-c2cc(-c3ccsc3)cc(C(F)(F)F)c2)n1. The van der Waals surface area contributed by atoms with E-state index in [9.17, 15) is 23.2 Å². The van der Waals surface area contributed by atoms with Crippen molar-refractivity contribution >= 4 is 17.5 Å². The van der Waals surface area contributed by atoms with Crippen molar-refractivity contribution in [2.75, 3.05) is 19.8 Å². The molecule has 3 heterocycles. The molecular weight excluding hydrogens is 513 g/mol. The van der Waals surface area contributed by atoms with Crippen LogP contribution in [0.15, 0.2) is 35.0 Å². The van der Waals surface area contributed by atoms with Crippen molar-refractivity contribution in [1.29, 1.82) is 5.26 Å². The average Bonchev–Trinajstić information content (AvgIpc) is 3.57. The Kier molecular flexibility index (Phi) is 8.42. The number of carbonyl (C=O) groups is 1. The molecule has 9 nitrogen and oxygen atoms in total. The first kappa shape index (κ1) is 26.6. The average molecular weight is 537 g/mol. The number of benzene rings is 1. The minimum atomic E-state index is -4.61. The van der Waals surface area contributed by atoms with Crippen LogP contribution in [-0.4, -0.2) is 47.3 Å². The van der Waals surface area contributed by atoms with E-state index in [2.05, 4.69) is 10.2 Å². The molecule has 1 aliphatic rings. The molecule has 2 aromatic heterocycles. The highest BCUT2D eigenvalue weighted by Crippen LogP contribution is 2.37. The number of thiophene rings is 1. The van der Waals surface area contributed by atoms with Gasteiger partial charge in [0.25, 0.3) is 0 Å². The van der Waals surface area contributed by atoms with Gasteiger partial charge in [0, 0.05) is 12.2 Å². The second kappa shape index (κ2) is 11.7. The third-order valence-corrected chi connectivity index (χ3v) is 6.14. The summed E-state index contributed by atoms with van der Waals surface area (Å²) in [6.45, 7) is 2.12. The van der Waals surface area contributed by atoms with Gasteiger partial charge in [0.05, 0.1) is 12.2 Å². The molecule has 0 saturated carbocycles. The van der Waals surface area contributed by atoms with E-state index in [4.69, 9.17) is 18.9 Å². The smallest absolute Gasteiger partial charge is 0.432 e. The molecule has 1 aliphatic heterocycles. The molecule has 0 N–H and O–H groups in total. The highest BCUT2D eigenvalue weighted by Gasteiger charge is 2.32. The number of halogens is 3. The number of nitrogens with zero attached hydrogens (tertiary/aromatic N) is 4. The van der Waals surface area contributed by atoms with Gasteiger partial charge in [-0.05, 0) is 72.3 Å². The molecule has 1 fully saturated rings. The van der Waals surface area contributed by atoms with Crippen molar-refractivity contribution < 1.29 is 36.9 Å². The largest absolute Gasteiger partial charge is 0.510 e. The summed E-state index contributed by atoms with van der Waals surface area (Å²) in [5.41, 5.74) is -0.218. The lowest BCUT2D eigenvalue weighted by Crippen LogP contribution is -2.25. The predicted octanol–water partition coefficient (Wildman–Crippen LogP) is 5.78. The Morgan fingerprint density at radius 2 is 2.05 bits per heavy atom. The van der Waals surface area contributed by atoms with Crippen molar-refractivity contribution in [3.63, 3.8) is 0 Å². The lowest BCUT2D eigenvalue weighted by Gasteiger charge is -2.22. The summed E-state index contributed by atoms with van der Waals surface area (Å²) in [5.74, 6) is 0. The zero-order chi connectivity index (χ0) is 26.4. The minimum Gasteiger partial charge on any atom is -0.432 e. The van der Waals surface area contributed by atoms with Gasteiger partial charge >= 0.3 is 12.3 Å². The molecule has 196 valence electrons. The minimum absolute atomic E-state index is 0.0516.